The van der Waals surface area contributed by atoms with E-state index >= 15 is 0 Å². The molecule has 0 spiro atoms. The van der Waals surface area contributed by atoms with Crippen LogP contribution in [-0.2, 0) is 11.2 Å². The van der Waals surface area contributed by atoms with Crippen molar-refractivity contribution < 1.29 is 9.53 Å². The second kappa shape index (κ2) is 5.58. The SMILES string of the molecule is COc1ccc(C(Cl)c2cc3c(cc2Cl)NC(=O)C3)cc1. The zero-order valence-electron chi connectivity index (χ0n) is 11.3. The summed E-state index contributed by atoms with van der Waals surface area (Å²) in [6.45, 7) is 0. The summed E-state index contributed by atoms with van der Waals surface area (Å²) in [5.74, 6) is 0.756. The summed E-state index contributed by atoms with van der Waals surface area (Å²) < 4.78 is 5.14. The van der Waals surface area contributed by atoms with Crippen LogP contribution in [0.15, 0.2) is 36.4 Å². The number of fused-ring (bicyclic) bond motifs is 1. The van der Waals surface area contributed by atoms with Gasteiger partial charge in [-0.05, 0) is 41.0 Å². The van der Waals surface area contributed by atoms with Crippen LogP contribution in [0.1, 0.15) is 22.1 Å². The first-order valence-corrected chi connectivity index (χ1v) is 7.30. The Hall–Kier alpha value is -1.71. The van der Waals surface area contributed by atoms with Crippen molar-refractivity contribution in [3.05, 3.63) is 58.1 Å². The normalized spacial score (nSPS) is 14.5. The van der Waals surface area contributed by atoms with Crippen molar-refractivity contribution in [3.8, 4) is 5.75 Å². The zero-order valence-corrected chi connectivity index (χ0v) is 12.8. The van der Waals surface area contributed by atoms with E-state index in [1.165, 1.54) is 0 Å². The van der Waals surface area contributed by atoms with Crippen LogP contribution in [0, 0.1) is 0 Å². The molecule has 0 radical (unpaired) electrons. The van der Waals surface area contributed by atoms with Gasteiger partial charge in [-0.3, -0.25) is 4.79 Å². The lowest BCUT2D eigenvalue weighted by Crippen LogP contribution is -2.03. The molecule has 3 rings (SSSR count). The van der Waals surface area contributed by atoms with Crippen LogP contribution in [0.2, 0.25) is 5.02 Å². The van der Waals surface area contributed by atoms with Crippen molar-refractivity contribution in [2.45, 2.75) is 11.8 Å². The number of rotatable bonds is 3. The molecule has 0 saturated carbocycles. The summed E-state index contributed by atoms with van der Waals surface area (Å²) in [4.78, 5) is 11.4. The highest BCUT2D eigenvalue weighted by molar-refractivity contribution is 6.33. The second-order valence-electron chi connectivity index (χ2n) is 4.89. The number of halogens is 2. The molecule has 2 aromatic rings. The summed E-state index contributed by atoms with van der Waals surface area (Å²) in [6, 6.07) is 11.2. The summed E-state index contributed by atoms with van der Waals surface area (Å²) in [7, 11) is 1.62. The first-order chi connectivity index (χ1) is 10.1. The van der Waals surface area contributed by atoms with Gasteiger partial charge >= 0.3 is 0 Å². The molecule has 1 aliphatic heterocycles. The highest BCUT2D eigenvalue weighted by atomic mass is 35.5. The fourth-order valence-electron chi connectivity index (χ4n) is 2.41. The highest BCUT2D eigenvalue weighted by Crippen LogP contribution is 2.38. The number of carbonyl (C=O) groups is 1. The Morgan fingerprint density at radius 2 is 1.95 bits per heavy atom. The van der Waals surface area contributed by atoms with Gasteiger partial charge in [-0.15, -0.1) is 11.6 Å². The molecule has 21 heavy (non-hydrogen) atoms. The number of benzene rings is 2. The van der Waals surface area contributed by atoms with E-state index < -0.39 is 0 Å². The molecule has 0 fully saturated rings. The Labute approximate surface area is 132 Å². The van der Waals surface area contributed by atoms with E-state index in [4.69, 9.17) is 27.9 Å². The average molecular weight is 322 g/mol. The van der Waals surface area contributed by atoms with Crippen LogP contribution < -0.4 is 10.1 Å². The van der Waals surface area contributed by atoms with E-state index in [2.05, 4.69) is 5.32 Å². The number of hydrogen-bond donors (Lipinski definition) is 1. The van der Waals surface area contributed by atoms with Gasteiger partial charge in [-0.1, -0.05) is 23.7 Å². The smallest absolute Gasteiger partial charge is 0.228 e. The summed E-state index contributed by atoms with van der Waals surface area (Å²) in [6.07, 6.45) is 0.367. The summed E-state index contributed by atoms with van der Waals surface area (Å²) in [5.41, 5.74) is 3.43. The molecule has 0 saturated heterocycles. The molecule has 5 heteroatoms. The van der Waals surface area contributed by atoms with E-state index in [1.54, 1.807) is 13.2 Å². The van der Waals surface area contributed by atoms with Crippen molar-refractivity contribution >= 4 is 34.8 Å². The van der Waals surface area contributed by atoms with E-state index in [0.717, 1.165) is 28.1 Å². The van der Waals surface area contributed by atoms with Gasteiger partial charge in [0.25, 0.3) is 0 Å². The van der Waals surface area contributed by atoms with Gasteiger partial charge in [0.1, 0.15) is 5.75 Å². The number of anilines is 1. The number of hydrogen-bond acceptors (Lipinski definition) is 2. The predicted molar refractivity (Wildman–Crippen MR) is 84.5 cm³/mol. The van der Waals surface area contributed by atoms with Gasteiger partial charge in [0.2, 0.25) is 5.91 Å². The molecule has 2 aromatic carbocycles. The topological polar surface area (TPSA) is 38.3 Å². The number of carbonyl (C=O) groups excluding carboxylic acids is 1. The third-order valence-corrected chi connectivity index (χ3v) is 4.34. The standard InChI is InChI=1S/C16H13Cl2NO2/c1-21-11-4-2-9(3-5-11)16(18)12-6-10-7-15(20)19-14(10)8-13(12)17/h2-6,8,16H,7H2,1H3,(H,19,20). The first-order valence-electron chi connectivity index (χ1n) is 6.48. The molecule has 1 amide bonds. The molecule has 0 aliphatic carbocycles. The monoisotopic (exact) mass is 321 g/mol. The molecular formula is C16H13Cl2NO2. The van der Waals surface area contributed by atoms with Crippen molar-refractivity contribution in [2.24, 2.45) is 0 Å². The Morgan fingerprint density at radius 1 is 1.24 bits per heavy atom. The van der Waals surface area contributed by atoms with Crippen LogP contribution in [-0.4, -0.2) is 13.0 Å². The van der Waals surface area contributed by atoms with Crippen LogP contribution in [0.25, 0.3) is 0 Å². The minimum Gasteiger partial charge on any atom is -0.497 e. The molecule has 3 nitrogen and oxygen atoms in total. The maximum absolute atomic E-state index is 11.4. The van der Waals surface area contributed by atoms with Gasteiger partial charge in [0.15, 0.2) is 0 Å². The van der Waals surface area contributed by atoms with Gasteiger partial charge in [0, 0.05) is 10.7 Å². The van der Waals surface area contributed by atoms with Crippen LogP contribution >= 0.6 is 23.2 Å². The number of alkyl halides is 1. The highest BCUT2D eigenvalue weighted by Gasteiger charge is 2.22. The average Bonchev–Trinajstić information content (AvgIpc) is 2.85. The molecule has 1 atom stereocenters. The molecule has 1 heterocycles. The molecule has 0 aromatic heterocycles. The number of amides is 1. The number of ether oxygens (including phenoxy) is 1. The second-order valence-corrected chi connectivity index (χ2v) is 5.74. The van der Waals surface area contributed by atoms with Gasteiger partial charge in [-0.25, -0.2) is 0 Å². The van der Waals surface area contributed by atoms with Crippen LogP contribution in [0.3, 0.4) is 0 Å². The molecule has 108 valence electrons. The quantitative estimate of drug-likeness (QED) is 0.861. The van der Waals surface area contributed by atoms with E-state index in [-0.39, 0.29) is 11.3 Å². The van der Waals surface area contributed by atoms with Crippen molar-refractivity contribution in [1.29, 1.82) is 0 Å². The molecule has 1 aliphatic rings. The fourth-order valence-corrected chi connectivity index (χ4v) is 3.07. The van der Waals surface area contributed by atoms with Crippen molar-refractivity contribution in [3.63, 3.8) is 0 Å². The lowest BCUT2D eigenvalue weighted by atomic mass is 10.0. The Kier molecular flexibility index (Phi) is 3.79. The minimum absolute atomic E-state index is 0.0196. The predicted octanol–water partition coefficient (Wildman–Crippen LogP) is 4.17. The molecular weight excluding hydrogens is 309 g/mol. The summed E-state index contributed by atoms with van der Waals surface area (Å²) in [5, 5.41) is 2.95. The molecule has 1 N–H and O–H groups in total. The van der Waals surface area contributed by atoms with Gasteiger partial charge in [0.05, 0.1) is 18.9 Å². The lowest BCUT2D eigenvalue weighted by Gasteiger charge is -2.14. The minimum atomic E-state index is -0.371. The third kappa shape index (κ3) is 2.71. The van der Waals surface area contributed by atoms with Gasteiger partial charge < -0.3 is 10.1 Å². The zero-order chi connectivity index (χ0) is 15.0. The number of nitrogens with one attached hydrogen (secondary N) is 1. The molecule has 1 unspecified atom stereocenters. The van der Waals surface area contributed by atoms with Gasteiger partial charge in [-0.2, -0.15) is 0 Å². The Bertz CT molecular complexity index is 698. The first kappa shape index (κ1) is 14.2. The third-order valence-electron chi connectivity index (χ3n) is 3.53. The van der Waals surface area contributed by atoms with E-state index in [1.807, 2.05) is 30.3 Å². The van der Waals surface area contributed by atoms with E-state index in [9.17, 15) is 4.79 Å². The number of methoxy groups -OCH3 is 1. The Morgan fingerprint density at radius 3 is 2.62 bits per heavy atom. The molecule has 0 bridgehead atoms. The van der Waals surface area contributed by atoms with Crippen LogP contribution in [0.4, 0.5) is 5.69 Å². The maximum atomic E-state index is 11.4. The maximum Gasteiger partial charge on any atom is 0.228 e. The lowest BCUT2D eigenvalue weighted by molar-refractivity contribution is -0.115. The van der Waals surface area contributed by atoms with Crippen LogP contribution in [0.5, 0.6) is 5.75 Å². The summed E-state index contributed by atoms with van der Waals surface area (Å²) >= 11 is 12.8. The Balaban J connectivity index is 1.96. The van der Waals surface area contributed by atoms with Crippen molar-refractivity contribution in [1.82, 2.24) is 0 Å². The van der Waals surface area contributed by atoms with E-state index in [0.29, 0.717) is 11.4 Å². The fraction of sp³-hybridized carbons (Fsp3) is 0.188. The largest absolute Gasteiger partial charge is 0.497 e. The van der Waals surface area contributed by atoms with Crippen molar-refractivity contribution in [2.75, 3.05) is 12.4 Å².